The number of aromatic amines is 3. The molecule has 0 spiro atoms. The number of nitrogens with zero attached hydrogens (tertiary/aromatic N) is 18. The van der Waals surface area contributed by atoms with Gasteiger partial charge in [-0.2, -0.15) is 20.1 Å². The van der Waals surface area contributed by atoms with E-state index in [9.17, 15) is 43.4 Å². The second-order valence-electron chi connectivity index (χ2n) is 30.5. The van der Waals surface area contributed by atoms with E-state index in [2.05, 4.69) is 87.1 Å². The van der Waals surface area contributed by atoms with Crippen LogP contribution in [0, 0.1) is 0 Å². The van der Waals surface area contributed by atoms with Gasteiger partial charge in [-0.1, -0.05) is 12.2 Å². The van der Waals surface area contributed by atoms with Gasteiger partial charge >= 0.3 is 40.4 Å². The summed E-state index contributed by atoms with van der Waals surface area (Å²) in [6.45, 7) is -29.4. The van der Waals surface area contributed by atoms with Gasteiger partial charge in [0, 0.05) is 18.8 Å². The molecule has 12 aromatic heterocycles. The molecule has 21 rings (SSSR count). The fourth-order valence-corrected chi connectivity index (χ4v) is 24.6. The van der Waals surface area contributed by atoms with E-state index in [1.54, 1.807) is 12.3 Å². The number of nitrogens with one attached hydrogen (secondary N) is 3. The molecule has 71 heteroatoms. The first-order chi connectivity index (χ1) is 63.5. The van der Waals surface area contributed by atoms with Crippen LogP contribution in [0.1, 0.15) is 49.4 Å². The van der Waals surface area contributed by atoms with Gasteiger partial charge in [0.1, 0.15) is 84.3 Å². The summed E-state index contributed by atoms with van der Waals surface area (Å²) >= 11 is 29.9. The van der Waals surface area contributed by atoms with Crippen LogP contribution in [0.5, 0.6) is 0 Å². The zero-order valence-corrected chi connectivity index (χ0v) is 77.3. The van der Waals surface area contributed by atoms with Crippen LogP contribution < -0.4 is 51.1 Å². The molecule has 9 aliphatic rings. The first-order valence-electron chi connectivity index (χ1n) is 39.0. The molecule has 720 valence electrons. The number of rotatable bonds is 6. The molecule has 20 N–H and O–H groups in total. The van der Waals surface area contributed by atoms with Crippen molar-refractivity contribution in [2.45, 2.75) is 148 Å². The number of imidazole rings is 6. The van der Waals surface area contributed by atoms with Crippen molar-refractivity contribution in [3.8, 4) is 0 Å². The van der Waals surface area contributed by atoms with E-state index in [-0.39, 0.29) is 80.3 Å². The van der Waals surface area contributed by atoms with E-state index in [0.717, 1.165) is 21.8 Å². The summed E-state index contributed by atoms with van der Waals surface area (Å²) in [5.74, 6) is -0.735. The van der Waals surface area contributed by atoms with E-state index < -0.39 is 238 Å². The molecule has 6 bridgehead atoms. The minimum Gasteiger partial charge on any atom is -0.397 e. The van der Waals surface area contributed by atoms with Crippen molar-refractivity contribution in [3.63, 3.8) is 0 Å². The molecule has 0 radical (unpaired) electrons. The van der Waals surface area contributed by atoms with Crippen molar-refractivity contribution < 1.29 is 134 Å². The number of alkyl halides is 5. The summed E-state index contributed by atoms with van der Waals surface area (Å²) < 4.78 is 202. The molecule has 9 fully saturated rings. The van der Waals surface area contributed by atoms with Crippen LogP contribution in [0.4, 0.5) is 56.9 Å². The van der Waals surface area contributed by atoms with Crippen molar-refractivity contribution in [2.75, 3.05) is 74.0 Å². The van der Waals surface area contributed by atoms with Gasteiger partial charge in [-0.25, -0.2) is 70.9 Å². The maximum absolute atomic E-state index is 16.0. The summed E-state index contributed by atoms with van der Waals surface area (Å²) in [7, 11) is 0. The van der Waals surface area contributed by atoms with Crippen molar-refractivity contribution in [1.82, 2.24) is 102 Å². The molecule has 29 atom stereocenters. The monoisotopic (exact) mass is 2110 g/mol. The fraction of sp³-hybridized carbons (Fsp3) is 0.476. The maximum atomic E-state index is 16.0. The van der Waals surface area contributed by atoms with Gasteiger partial charge in [-0.3, -0.25) is 79.3 Å². The second kappa shape index (κ2) is 36.5. The Morgan fingerprint density at radius 3 is 1.12 bits per heavy atom. The fourth-order valence-electron chi connectivity index (χ4n) is 16.0. The Hall–Kier alpha value is -7.73. The number of halogens is 5. The summed E-state index contributed by atoms with van der Waals surface area (Å²) in [4.78, 5) is 144. The first-order valence-corrected chi connectivity index (χ1v) is 54.6. The third-order valence-corrected chi connectivity index (χ3v) is 31.4. The summed E-state index contributed by atoms with van der Waals surface area (Å²) in [5, 5.41) is 4.28. The van der Waals surface area contributed by atoms with Crippen LogP contribution in [-0.2, 0) is 146 Å². The molecule has 0 saturated carbocycles. The molecule has 0 aliphatic carbocycles. The number of H-pyrrole nitrogens is 3. The first kappa shape index (κ1) is 95.2. The SMILES string of the molecule is Nc1nc2c(ncn2[C@@H]2O[C@@H]3COP(=O)(S)O[C@H]4[C@H](F)[C@H](n5cnc6c(N)ccnc65)O[C@@H]4COP(O)(=S)O[C@@H]2[C@@H]3F)c(=O)[nH]1.Nc1nc2c(ncn2[C@@H]2O[C@@H]3COP(O)(=S)O[C@H]4C[C@H](c5cnc6c(N)ccnn56)O[C@@H]4COP(O)(=S)O[C@@H]2[C@@H]3F)c(=O)[nH]1.Nc1nc2c(ncn2[C@@H]2O[C@@H]3COP(O)(=S)O[C@H]4[C@@H](F)[C@H](n5cnc6c(N)ccnc65)O[C@@H]4COP(O)(=S)OC2[C@@H]3F)c(=O)[nH]1. The smallest absolute Gasteiger partial charge is 0.386 e. The predicted octanol–water partition coefficient (Wildman–Crippen LogP) is 2.07. The standard InChI is InChI=1S/2C21H23F2N9O9P2S2.C21H24FN9O9P2S2/c2*22-10-8-3-36-42(34,44)40-14-9(39-19(11(14)23)31-5-27-12-7(24)1-2-26-16(12)31)4-37-43(35,45)41-15(10)20(38-8)32-6-28-13-17(32)29-21(25)30-18(13)33;22-14-13-6-36-41(33,43)39-11-3-10(9-4-25-17-8(23)1-2-27-31(9)17)37-12(11)5-35-42(34,44)40-16(14)20(38-13)30-7-26-15-18(30)28-21(24)29-19(15)32/h2*1-2,5-6,8-11,14-15,19-20H,3-4H2,(H2,24,26)(H,34,44)(H,35,45)(H3,25,29,30,33);1-2,4,7,10-14,16,20H,3,5-6,23H2,(H,33,43)(H,34,44)(H3,24,28,29,32)/t8-,9-,10-,11+,14-,15-,19-,20-,42?,43?;8-,9-,10-,11-,14-,15?,19-,20-,42?,43?;10-,11+,12-,13-,14-,16-,20-,41?,42?/m111/s1. The topological polar surface area (TPSA) is 723 Å². The Kier molecular flexibility index (Phi) is 25.9. The lowest BCUT2D eigenvalue weighted by Crippen LogP contribution is -2.34. The number of anilines is 6. The average molecular weight is 2110 g/mol. The third-order valence-electron chi connectivity index (χ3n) is 22.0. The van der Waals surface area contributed by atoms with Crippen LogP contribution in [0.15, 0.2) is 89.0 Å². The number of nitrogen functional groups attached to an aromatic ring is 6. The minimum atomic E-state index is -4.44. The van der Waals surface area contributed by atoms with Crippen LogP contribution in [-0.4, -0.2) is 270 Å². The van der Waals surface area contributed by atoms with Gasteiger partial charge < -0.3 is 114 Å². The Balaban J connectivity index is 0.000000129. The van der Waals surface area contributed by atoms with Gasteiger partial charge in [0.05, 0.1) is 113 Å². The van der Waals surface area contributed by atoms with E-state index in [4.69, 9.17) is 176 Å². The molecular weight excluding hydrogens is 2040 g/mol. The van der Waals surface area contributed by atoms with Crippen molar-refractivity contribution in [1.29, 1.82) is 0 Å². The number of hydrogen-bond acceptors (Lipinski definition) is 45. The van der Waals surface area contributed by atoms with E-state index in [1.165, 1.54) is 67.9 Å². The highest BCUT2D eigenvalue weighted by Gasteiger charge is 2.59. The van der Waals surface area contributed by atoms with Gasteiger partial charge in [0.15, 0.2) is 112 Å². The zero-order chi connectivity index (χ0) is 94.6. The molecule has 9 saturated heterocycles. The lowest BCUT2D eigenvalue weighted by Gasteiger charge is -2.27. The zero-order valence-electron chi connectivity index (χ0n) is 67.0. The van der Waals surface area contributed by atoms with E-state index in [0.29, 0.717) is 28.2 Å². The number of fused-ring (bicyclic) bond motifs is 15. The Bertz CT molecular complexity index is 6830. The highest BCUT2D eigenvalue weighted by atomic mass is 32.7. The second-order valence-corrected chi connectivity index (χ2v) is 47.3. The quantitative estimate of drug-likeness (QED) is 0.0643. The van der Waals surface area contributed by atoms with Crippen molar-refractivity contribution in [2.24, 2.45) is 0 Å². The van der Waals surface area contributed by atoms with Gasteiger partial charge in [0.25, 0.3) is 16.7 Å². The van der Waals surface area contributed by atoms with E-state index >= 15 is 22.0 Å². The van der Waals surface area contributed by atoms with Crippen LogP contribution in [0.2, 0.25) is 0 Å². The Labute approximate surface area is 772 Å². The van der Waals surface area contributed by atoms with Gasteiger partial charge in [-0.05, 0) is 77.2 Å². The number of hydrogen-bond donors (Lipinski definition) is 15. The summed E-state index contributed by atoms with van der Waals surface area (Å²) in [5.41, 5.74) is 35.3. The molecular formula is C63H70F5N27O27P6S6. The van der Waals surface area contributed by atoms with E-state index in [1.807, 2.05) is 0 Å². The molecule has 12 aromatic rings. The van der Waals surface area contributed by atoms with Crippen molar-refractivity contribution in [3.05, 3.63) is 111 Å². The molecule has 54 nitrogen and oxygen atoms in total. The predicted molar refractivity (Wildman–Crippen MR) is 469 cm³/mol. The lowest BCUT2D eigenvalue weighted by molar-refractivity contribution is -0.0599. The average Bonchev–Trinajstić information content (AvgIpc) is 1.61. The molecule has 134 heavy (non-hydrogen) atoms. The number of ether oxygens (including phenoxy) is 6. The Morgan fingerprint density at radius 2 is 0.709 bits per heavy atom. The van der Waals surface area contributed by atoms with Gasteiger partial charge in [0.2, 0.25) is 17.8 Å². The van der Waals surface area contributed by atoms with Crippen LogP contribution >= 0.6 is 52.6 Å². The lowest BCUT2D eigenvalue weighted by atomic mass is 10.1. The molecule has 9 aliphatic heterocycles. The minimum absolute atomic E-state index is 0.0422. The third kappa shape index (κ3) is 18.6. The Morgan fingerprint density at radius 1 is 0.373 bits per heavy atom. The molecule has 21 heterocycles. The summed E-state index contributed by atoms with van der Waals surface area (Å²) in [6.07, 6.45) is -23.2. The summed E-state index contributed by atoms with van der Waals surface area (Å²) in [6, 6.07) is 4.64. The molecule has 0 aromatic carbocycles. The normalized spacial score (nSPS) is 37.3. The number of pyridine rings is 2. The largest absolute Gasteiger partial charge is 0.397 e. The maximum Gasteiger partial charge on any atom is 0.386 e. The van der Waals surface area contributed by atoms with Crippen LogP contribution in [0.25, 0.3) is 61.5 Å². The number of thiol groups is 1. The molecule has 7 unspecified atom stereocenters. The van der Waals surface area contributed by atoms with Crippen LogP contribution in [0.3, 0.4) is 0 Å². The highest BCUT2D eigenvalue weighted by molar-refractivity contribution is 8.44. The van der Waals surface area contributed by atoms with Crippen molar-refractivity contribution >= 4 is 208 Å². The van der Waals surface area contributed by atoms with Gasteiger partial charge in [-0.15, -0.1) is 0 Å². The highest BCUT2D eigenvalue weighted by Crippen LogP contribution is 2.61. The number of aromatic nitrogens is 21. The number of nitrogens with two attached hydrogens (primary N) is 6. The molecule has 0 amide bonds.